The number of benzene rings is 2. The highest BCUT2D eigenvalue weighted by molar-refractivity contribution is 5.96. The van der Waals surface area contributed by atoms with E-state index in [1.54, 1.807) is 42.5 Å². The van der Waals surface area contributed by atoms with Crippen LogP contribution in [0.2, 0.25) is 0 Å². The molecule has 2 rings (SSSR count). The minimum absolute atomic E-state index is 0.126. The molecule has 0 saturated heterocycles. The molecule has 0 radical (unpaired) electrons. The van der Waals surface area contributed by atoms with Gasteiger partial charge in [0.25, 0.3) is 11.8 Å². The number of amides is 2. The number of rotatable bonds is 5. The summed E-state index contributed by atoms with van der Waals surface area (Å²) in [6, 6.07) is 14.5. The normalized spacial score (nSPS) is 9.88. The maximum Gasteiger partial charge on any atom is 0.338 e. The van der Waals surface area contributed by atoms with E-state index in [0.29, 0.717) is 11.1 Å². The van der Waals surface area contributed by atoms with Gasteiger partial charge in [-0.1, -0.05) is 30.3 Å². The number of hydrogen-bond donors (Lipinski definition) is 3. The molecule has 0 heterocycles. The summed E-state index contributed by atoms with van der Waals surface area (Å²) < 4.78 is 4.84. The Morgan fingerprint density at radius 1 is 0.875 bits per heavy atom. The van der Waals surface area contributed by atoms with Gasteiger partial charge in [-0.15, -0.1) is 0 Å². The maximum absolute atomic E-state index is 11.8. The number of nitrogens with one attached hydrogen (secondary N) is 2. The van der Waals surface area contributed by atoms with Crippen molar-refractivity contribution in [3.05, 3.63) is 71.3 Å². The molecule has 124 valence electrons. The molecule has 7 heteroatoms. The molecule has 2 aromatic rings. The standard InChI is InChI=1S/C17H16N2O5/c20-10-12-6-8-14(9-7-12)17(23)24-11-15(21)18-19-16(22)13-4-2-1-3-5-13/h1-9,20H,10-11H2,(H,18,21)(H,19,22). The van der Waals surface area contributed by atoms with Gasteiger partial charge in [-0.3, -0.25) is 20.4 Å². The highest BCUT2D eigenvalue weighted by Gasteiger charge is 2.11. The number of aliphatic hydroxyl groups is 1. The largest absolute Gasteiger partial charge is 0.452 e. The predicted octanol–water partition coefficient (Wildman–Crippen LogP) is 0.797. The van der Waals surface area contributed by atoms with E-state index in [4.69, 9.17) is 9.84 Å². The summed E-state index contributed by atoms with van der Waals surface area (Å²) >= 11 is 0. The molecule has 0 unspecified atom stereocenters. The number of ether oxygens (including phenoxy) is 1. The lowest BCUT2D eigenvalue weighted by atomic mass is 10.1. The monoisotopic (exact) mass is 328 g/mol. The summed E-state index contributed by atoms with van der Waals surface area (Å²) in [6.07, 6.45) is 0. The molecule has 0 aliphatic heterocycles. The molecule has 0 saturated carbocycles. The molecule has 0 bridgehead atoms. The predicted molar refractivity (Wildman–Crippen MR) is 84.7 cm³/mol. The Kier molecular flexibility index (Phi) is 6.04. The molecule has 0 aliphatic rings. The smallest absolute Gasteiger partial charge is 0.338 e. The van der Waals surface area contributed by atoms with Crippen molar-refractivity contribution in [2.75, 3.05) is 6.61 Å². The van der Waals surface area contributed by atoms with Crippen LogP contribution >= 0.6 is 0 Å². The number of carbonyl (C=O) groups excluding carboxylic acids is 3. The van der Waals surface area contributed by atoms with Crippen LogP contribution in [0.5, 0.6) is 0 Å². The fourth-order valence-corrected chi connectivity index (χ4v) is 1.78. The van der Waals surface area contributed by atoms with E-state index in [1.807, 2.05) is 0 Å². The molecule has 24 heavy (non-hydrogen) atoms. The third-order valence-corrected chi connectivity index (χ3v) is 3.06. The van der Waals surface area contributed by atoms with Crippen LogP contribution in [-0.4, -0.2) is 29.5 Å². The van der Waals surface area contributed by atoms with E-state index in [2.05, 4.69) is 10.9 Å². The first kappa shape index (κ1) is 17.2. The number of hydrogen-bond acceptors (Lipinski definition) is 5. The third kappa shape index (κ3) is 4.92. The summed E-state index contributed by atoms with van der Waals surface area (Å²) in [5, 5.41) is 8.93. The van der Waals surface area contributed by atoms with Crippen LogP contribution in [0.15, 0.2) is 54.6 Å². The molecule has 3 N–H and O–H groups in total. The molecular weight excluding hydrogens is 312 g/mol. The second-order valence-corrected chi connectivity index (χ2v) is 4.80. The van der Waals surface area contributed by atoms with E-state index in [1.165, 1.54) is 12.1 Å². The maximum atomic E-state index is 11.8. The Hall–Kier alpha value is -3.19. The molecule has 2 amide bonds. The van der Waals surface area contributed by atoms with Crippen LogP contribution in [0.4, 0.5) is 0 Å². The third-order valence-electron chi connectivity index (χ3n) is 3.06. The van der Waals surface area contributed by atoms with Crippen LogP contribution in [0.1, 0.15) is 26.3 Å². The van der Waals surface area contributed by atoms with Crippen LogP contribution < -0.4 is 10.9 Å². The Balaban J connectivity index is 1.76. The number of hydrazine groups is 1. The zero-order chi connectivity index (χ0) is 17.4. The van der Waals surface area contributed by atoms with E-state index in [-0.39, 0.29) is 12.2 Å². The van der Waals surface area contributed by atoms with Gasteiger partial charge >= 0.3 is 5.97 Å². The first-order valence-electron chi connectivity index (χ1n) is 7.11. The van der Waals surface area contributed by atoms with Gasteiger partial charge in [-0.05, 0) is 29.8 Å². The van der Waals surface area contributed by atoms with Gasteiger partial charge in [0.1, 0.15) is 0 Å². The van der Waals surface area contributed by atoms with Crippen molar-refractivity contribution in [1.29, 1.82) is 0 Å². The first-order chi connectivity index (χ1) is 11.6. The summed E-state index contributed by atoms with van der Waals surface area (Å²) in [7, 11) is 0. The van der Waals surface area contributed by atoms with Gasteiger partial charge in [-0.25, -0.2) is 4.79 Å². The molecule has 0 atom stereocenters. The highest BCUT2D eigenvalue weighted by Crippen LogP contribution is 2.05. The summed E-state index contributed by atoms with van der Waals surface area (Å²) in [5.41, 5.74) is 5.68. The average molecular weight is 328 g/mol. The summed E-state index contributed by atoms with van der Waals surface area (Å²) in [5.74, 6) is -1.82. The van der Waals surface area contributed by atoms with Crippen molar-refractivity contribution in [2.45, 2.75) is 6.61 Å². The van der Waals surface area contributed by atoms with Crippen LogP contribution in [0.25, 0.3) is 0 Å². The number of aliphatic hydroxyl groups excluding tert-OH is 1. The second kappa shape index (κ2) is 8.44. The van der Waals surface area contributed by atoms with E-state index in [9.17, 15) is 14.4 Å². The van der Waals surface area contributed by atoms with Crippen LogP contribution in [-0.2, 0) is 16.1 Å². The Morgan fingerprint density at radius 3 is 2.17 bits per heavy atom. The van der Waals surface area contributed by atoms with E-state index < -0.39 is 24.4 Å². The highest BCUT2D eigenvalue weighted by atomic mass is 16.5. The van der Waals surface area contributed by atoms with Crippen molar-refractivity contribution >= 4 is 17.8 Å². The molecule has 0 spiro atoms. The molecular formula is C17H16N2O5. The van der Waals surface area contributed by atoms with Gasteiger partial charge in [0.2, 0.25) is 0 Å². The molecule has 0 fully saturated rings. The minimum atomic E-state index is -0.677. The van der Waals surface area contributed by atoms with Gasteiger partial charge in [0, 0.05) is 5.56 Å². The number of esters is 1. The lowest BCUT2D eigenvalue weighted by molar-refractivity contribution is -0.125. The van der Waals surface area contributed by atoms with Crippen molar-refractivity contribution < 1.29 is 24.2 Å². The number of carbonyl (C=O) groups is 3. The van der Waals surface area contributed by atoms with Gasteiger partial charge in [-0.2, -0.15) is 0 Å². The van der Waals surface area contributed by atoms with Gasteiger partial charge in [0.05, 0.1) is 12.2 Å². The fourth-order valence-electron chi connectivity index (χ4n) is 1.78. The van der Waals surface area contributed by atoms with E-state index in [0.717, 1.165) is 0 Å². The quantitative estimate of drug-likeness (QED) is 0.556. The second-order valence-electron chi connectivity index (χ2n) is 4.80. The van der Waals surface area contributed by atoms with Crippen LogP contribution in [0.3, 0.4) is 0 Å². The Morgan fingerprint density at radius 2 is 1.54 bits per heavy atom. The summed E-state index contributed by atoms with van der Waals surface area (Å²) in [4.78, 5) is 35.1. The van der Waals surface area contributed by atoms with E-state index >= 15 is 0 Å². The lowest BCUT2D eigenvalue weighted by Crippen LogP contribution is -2.43. The molecule has 7 nitrogen and oxygen atoms in total. The minimum Gasteiger partial charge on any atom is -0.452 e. The first-order valence-corrected chi connectivity index (χ1v) is 7.11. The Labute approximate surface area is 138 Å². The summed E-state index contributed by atoms with van der Waals surface area (Å²) in [6.45, 7) is -0.658. The lowest BCUT2D eigenvalue weighted by Gasteiger charge is -2.08. The van der Waals surface area contributed by atoms with Gasteiger partial charge in [0.15, 0.2) is 6.61 Å². The van der Waals surface area contributed by atoms with Crippen molar-refractivity contribution in [1.82, 2.24) is 10.9 Å². The Bertz CT molecular complexity index is 714. The average Bonchev–Trinajstić information content (AvgIpc) is 2.64. The zero-order valence-electron chi connectivity index (χ0n) is 12.7. The fraction of sp³-hybridized carbons (Fsp3) is 0.118. The topological polar surface area (TPSA) is 105 Å². The zero-order valence-corrected chi connectivity index (χ0v) is 12.7. The van der Waals surface area contributed by atoms with Crippen LogP contribution in [0, 0.1) is 0 Å². The molecule has 0 aromatic heterocycles. The SMILES string of the molecule is O=C(COC(=O)c1ccc(CO)cc1)NNC(=O)c1ccccc1. The van der Waals surface area contributed by atoms with Crippen molar-refractivity contribution in [2.24, 2.45) is 0 Å². The molecule has 2 aromatic carbocycles. The van der Waals surface area contributed by atoms with Crippen molar-refractivity contribution in [3.63, 3.8) is 0 Å². The van der Waals surface area contributed by atoms with Crippen molar-refractivity contribution in [3.8, 4) is 0 Å². The van der Waals surface area contributed by atoms with Gasteiger partial charge < -0.3 is 9.84 Å². The molecule has 0 aliphatic carbocycles.